The van der Waals surface area contributed by atoms with Crippen molar-refractivity contribution in [3.8, 4) is 5.75 Å². The fraction of sp³-hybridized carbons (Fsp3) is 0.364. The van der Waals surface area contributed by atoms with Crippen molar-refractivity contribution in [3.05, 3.63) is 47.2 Å². The Balaban J connectivity index is 1.74. The zero-order chi connectivity index (χ0) is 23.5. The molecule has 1 amide bonds. The van der Waals surface area contributed by atoms with Crippen LogP contribution in [0.5, 0.6) is 5.75 Å². The lowest BCUT2D eigenvalue weighted by atomic mass is 10.2. The number of methoxy groups -OCH3 is 1. The second-order valence-corrected chi connectivity index (χ2v) is 9.57. The van der Waals surface area contributed by atoms with Gasteiger partial charge in [-0.25, -0.2) is 13.4 Å². The molecule has 0 aliphatic rings. The number of carbonyl (C=O) groups excluding carboxylic acids is 1. The van der Waals surface area contributed by atoms with Gasteiger partial charge in [0.15, 0.2) is 0 Å². The van der Waals surface area contributed by atoms with Crippen molar-refractivity contribution in [1.82, 2.24) is 13.9 Å². The smallest absolute Gasteiger partial charge is 0.243 e. The monoisotopic (exact) mass is 478 g/mol. The van der Waals surface area contributed by atoms with Gasteiger partial charge in [-0.2, -0.15) is 4.31 Å². The SMILES string of the molecule is CCN(CC)S(=O)(=O)c1ccc2c(c1)nc(CCC(=O)Nc1ccc(OC)c(Cl)c1)n2C. The molecule has 2 aromatic carbocycles. The molecule has 172 valence electrons. The molecule has 0 bridgehead atoms. The summed E-state index contributed by atoms with van der Waals surface area (Å²) < 4.78 is 34.0. The van der Waals surface area contributed by atoms with Crippen LogP contribution in [0, 0.1) is 0 Å². The molecular formula is C22H27ClN4O4S. The van der Waals surface area contributed by atoms with E-state index in [1.807, 2.05) is 25.5 Å². The number of hydrogen-bond acceptors (Lipinski definition) is 5. The van der Waals surface area contributed by atoms with Crippen LogP contribution in [0.15, 0.2) is 41.3 Å². The van der Waals surface area contributed by atoms with Crippen LogP contribution in [0.3, 0.4) is 0 Å². The van der Waals surface area contributed by atoms with E-state index in [1.54, 1.807) is 36.4 Å². The van der Waals surface area contributed by atoms with Crippen molar-refractivity contribution in [2.24, 2.45) is 7.05 Å². The van der Waals surface area contributed by atoms with E-state index in [1.165, 1.54) is 11.4 Å². The molecule has 1 heterocycles. The number of halogens is 1. The van der Waals surface area contributed by atoms with E-state index in [0.29, 0.717) is 47.3 Å². The Bertz CT molecular complexity index is 1240. The lowest BCUT2D eigenvalue weighted by Crippen LogP contribution is -2.30. The molecule has 0 spiro atoms. The zero-order valence-corrected chi connectivity index (χ0v) is 20.1. The highest BCUT2D eigenvalue weighted by Gasteiger charge is 2.22. The first-order chi connectivity index (χ1) is 15.2. The van der Waals surface area contributed by atoms with Crippen LogP contribution in [0.25, 0.3) is 11.0 Å². The van der Waals surface area contributed by atoms with Crippen LogP contribution in [0.4, 0.5) is 5.69 Å². The predicted octanol–water partition coefficient (Wildman–Crippen LogP) is 3.84. The van der Waals surface area contributed by atoms with Crippen molar-refractivity contribution in [2.75, 3.05) is 25.5 Å². The number of sulfonamides is 1. The molecule has 0 fully saturated rings. The highest BCUT2D eigenvalue weighted by atomic mass is 35.5. The molecule has 0 saturated carbocycles. The molecule has 0 aliphatic carbocycles. The Labute approximate surface area is 193 Å². The molecule has 10 heteroatoms. The Morgan fingerprint density at radius 3 is 2.53 bits per heavy atom. The van der Waals surface area contributed by atoms with E-state index in [9.17, 15) is 13.2 Å². The topological polar surface area (TPSA) is 93.5 Å². The number of aryl methyl sites for hydroxylation is 2. The van der Waals surface area contributed by atoms with Gasteiger partial charge in [0, 0.05) is 38.7 Å². The van der Waals surface area contributed by atoms with E-state index in [2.05, 4.69) is 10.3 Å². The van der Waals surface area contributed by atoms with Crippen molar-refractivity contribution >= 4 is 44.3 Å². The molecule has 0 saturated heterocycles. The molecule has 3 rings (SSSR count). The summed E-state index contributed by atoms with van der Waals surface area (Å²) in [5.41, 5.74) is 1.97. The number of benzene rings is 2. The van der Waals surface area contributed by atoms with Crippen LogP contribution < -0.4 is 10.1 Å². The summed E-state index contributed by atoms with van der Waals surface area (Å²) >= 11 is 6.10. The van der Waals surface area contributed by atoms with Crippen LogP contribution in [0.1, 0.15) is 26.1 Å². The first-order valence-electron chi connectivity index (χ1n) is 10.3. The lowest BCUT2D eigenvalue weighted by Gasteiger charge is -2.18. The second kappa shape index (κ2) is 9.89. The summed E-state index contributed by atoms with van der Waals surface area (Å²) in [7, 11) is -0.187. The van der Waals surface area contributed by atoms with Crippen molar-refractivity contribution < 1.29 is 17.9 Å². The molecular weight excluding hydrogens is 452 g/mol. The van der Waals surface area contributed by atoms with Gasteiger partial charge in [0.1, 0.15) is 11.6 Å². The van der Waals surface area contributed by atoms with Gasteiger partial charge >= 0.3 is 0 Å². The number of fused-ring (bicyclic) bond motifs is 1. The quantitative estimate of drug-likeness (QED) is 0.504. The number of ether oxygens (including phenoxy) is 1. The number of hydrogen-bond donors (Lipinski definition) is 1. The number of carbonyl (C=O) groups is 1. The maximum atomic E-state index is 12.8. The molecule has 8 nitrogen and oxygen atoms in total. The Morgan fingerprint density at radius 1 is 1.19 bits per heavy atom. The van der Waals surface area contributed by atoms with E-state index in [0.717, 1.165) is 5.52 Å². The molecule has 0 atom stereocenters. The molecule has 3 aromatic rings. The highest BCUT2D eigenvalue weighted by Crippen LogP contribution is 2.27. The van der Waals surface area contributed by atoms with Crippen LogP contribution in [-0.2, 0) is 28.3 Å². The fourth-order valence-electron chi connectivity index (χ4n) is 3.52. The summed E-state index contributed by atoms with van der Waals surface area (Å²) in [4.78, 5) is 17.2. The number of rotatable bonds is 9. The van der Waals surface area contributed by atoms with Gasteiger partial charge in [-0.1, -0.05) is 25.4 Å². The molecule has 1 aromatic heterocycles. The number of amides is 1. The number of nitrogens with zero attached hydrogens (tertiary/aromatic N) is 3. The third-order valence-corrected chi connectivity index (χ3v) is 7.64. The van der Waals surface area contributed by atoms with Crippen molar-refractivity contribution in [1.29, 1.82) is 0 Å². The largest absolute Gasteiger partial charge is 0.495 e. The summed E-state index contributed by atoms with van der Waals surface area (Å²) in [6.07, 6.45) is 0.616. The molecule has 32 heavy (non-hydrogen) atoms. The Morgan fingerprint density at radius 2 is 1.91 bits per heavy atom. The van der Waals surface area contributed by atoms with Crippen LogP contribution in [-0.4, -0.2) is 48.4 Å². The van der Waals surface area contributed by atoms with Crippen LogP contribution >= 0.6 is 11.6 Å². The van der Waals surface area contributed by atoms with Gasteiger partial charge in [-0.05, 0) is 36.4 Å². The summed E-state index contributed by atoms with van der Waals surface area (Å²) in [6.45, 7) is 4.42. The molecule has 0 radical (unpaired) electrons. The maximum absolute atomic E-state index is 12.8. The van der Waals surface area contributed by atoms with Gasteiger partial charge in [-0.3, -0.25) is 4.79 Å². The van der Waals surface area contributed by atoms with Gasteiger partial charge in [-0.15, -0.1) is 0 Å². The highest BCUT2D eigenvalue weighted by molar-refractivity contribution is 7.89. The number of aromatic nitrogens is 2. The predicted molar refractivity (Wildman–Crippen MR) is 126 cm³/mol. The number of anilines is 1. The van der Waals surface area contributed by atoms with Crippen molar-refractivity contribution in [2.45, 2.75) is 31.6 Å². The standard InChI is InChI=1S/C22H27ClN4O4S/c1-5-27(6-2)32(29,30)16-8-9-19-18(14-16)25-21(26(19)3)11-12-22(28)24-15-7-10-20(31-4)17(23)13-15/h7-10,13-14H,5-6,11-12H2,1-4H3,(H,24,28). The zero-order valence-electron chi connectivity index (χ0n) is 18.6. The minimum absolute atomic E-state index is 0.178. The minimum Gasteiger partial charge on any atom is -0.495 e. The first-order valence-corrected chi connectivity index (χ1v) is 12.1. The van der Waals surface area contributed by atoms with Crippen LogP contribution in [0.2, 0.25) is 5.02 Å². The van der Waals surface area contributed by atoms with Gasteiger partial charge in [0.2, 0.25) is 15.9 Å². The van der Waals surface area contributed by atoms with Gasteiger partial charge in [0.05, 0.1) is 28.1 Å². The normalized spacial score (nSPS) is 11.8. The van der Waals surface area contributed by atoms with E-state index >= 15 is 0 Å². The van der Waals surface area contributed by atoms with Gasteiger partial charge < -0.3 is 14.6 Å². The number of nitrogens with one attached hydrogen (secondary N) is 1. The van der Waals surface area contributed by atoms with E-state index < -0.39 is 10.0 Å². The Hall–Kier alpha value is -2.62. The third-order valence-electron chi connectivity index (χ3n) is 5.30. The van der Waals surface area contributed by atoms with E-state index in [4.69, 9.17) is 16.3 Å². The average Bonchev–Trinajstić information content (AvgIpc) is 3.08. The second-order valence-electron chi connectivity index (χ2n) is 7.22. The summed E-state index contributed by atoms with van der Waals surface area (Å²) in [5, 5.41) is 3.22. The maximum Gasteiger partial charge on any atom is 0.243 e. The lowest BCUT2D eigenvalue weighted by molar-refractivity contribution is -0.116. The first kappa shape index (κ1) is 24.0. The van der Waals surface area contributed by atoms with Gasteiger partial charge in [0.25, 0.3) is 0 Å². The summed E-state index contributed by atoms with van der Waals surface area (Å²) in [5.74, 6) is 1.05. The summed E-state index contributed by atoms with van der Waals surface area (Å²) in [6, 6.07) is 9.98. The van der Waals surface area contributed by atoms with Crippen molar-refractivity contribution in [3.63, 3.8) is 0 Å². The molecule has 1 N–H and O–H groups in total. The minimum atomic E-state index is -3.56. The average molecular weight is 479 g/mol. The van der Waals surface area contributed by atoms with E-state index in [-0.39, 0.29) is 17.2 Å². The fourth-order valence-corrected chi connectivity index (χ4v) is 5.26. The molecule has 0 aliphatic heterocycles. The number of imidazole rings is 1. The molecule has 0 unspecified atom stereocenters. The Kier molecular flexibility index (Phi) is 7.43. The third kappa shape index (κ3) is 4.90.